The Morgan fingerprint density at radius 1 is 1.24 bits per heavy atom. The molecule has 1 fully saturated rings. The van der Waals surface area contributed by atoms with E-state index in [0.29, 0.717) is 12.0 Å². The van der Waals surface area contributed by atoms with Crippen LogP contribution in [0.2, 0.25) is 0 Å². The SMILES string of the molecule is COCC(CNCC1(CN)CCCCC1)OC. The first-order valence-corrected chi connectivity index (χ1v) is 6.69. The first kappa shape index (κ1) is 14.9. The molecule has 1 atom stereocenters. The molecule has 1 saturated carbocycles. The Morgan fingerprint density at radius 2 is 1.94 bits per heavy atom. The van der Waals surface area contributed by atoms with E-state index in [0.717, 1.165) is 19.6 Å². The average molecular weight is 244 g/mol. The van der Waals surface area contributed by atoms with Crippen LogP contribution in [0.1, 0.15) is 32.1 Å². The van der Waals surface area contributed by atoms with E-state index in [9.17, 15) is 0 Å². The summed E-state index contributed by atoms with van der Waals surface area (Å²) in [5.74, 6) is 0. The number of rotatable bonds is 8. The maximum absolute atomic E-state index is 5.95. The predicted octanol–water partition coefficient (Wildman–Crippen LogP) is 1.15. The van der Waals surface area contributed by atoms with E-state index in [1.807, 2.05) is 0 Å². The molecule has 17 heavy (non-hydrogen) atoms. The summed E-state index contributed by atoms with van der Waals surface area (Å²) in [6.45, 7) is 3.28. The Balaban J connectivity index is 2.27. The van der Waals surface area contributed by atoms with Crippen LogP contribution in [0, 0.1) is 5.41 Å². The van der Waals surface area contributed by atoms with Crippen molar-refractivity contribution in [2.24, 2.45) is 11.1 Å². The fourth-order valence-electron chi connectivity index (χ4n) is 2.65. The summed E-state index contributed by atoms with van der Waals surface area (Å²) in [5, 5.41) is 3.50. The number of methoxy groups -OCH3 is 2. The second-order valence-corrected chi connectivity index (χ2v) is 5.21. The lowest BCUT2D eigenvalue weighted by atomic mass is 9.74. The van der Waals surface area contributed by atoms with Gasteiger partial charge in [-0.05, 0) is 24.8 Å². The second kappa shape index (κ2) is 8.03. The van der Waals surface area contributed by atoms with E-state index in [1.54, 1.807) is 14.2 Å². The van der Waals surface area contributed by atoms with Gasteiger partial charge in [0.05, 0.1) is 12.7 Å². The van der Waals surface area contributed by atoms with Crippen molar-refractivity contribution in [3.05, 3.63) is 0 Å². The van der Waals surface area contributed by atoms with Gasteiger partial charge in [0.25, 0.3) is 0 Å². The van der Waals surface area contributed by atoms with E-state index < -0.39 is 0 Å². The molecule has 0 bridgehead atoms. The van der Waals surface area contributed by atoms with Gasteiger partial charge in [-0.25, -0.2) is 0 Å². The Labute approximate surface area is 105 Å². The van der Waals surface area contributed by atoms with Gasteiger partial charge in [-0.15, -0.1) is 0 Å². The first-order chi connectivity index (χ1) is 8.26. The molecule has 4 nitrogen and oxygen atoms in total. The lowest BCUT2D eigenvalue weighted by Gasteiger charge is -2.36. The summed E-state index contributed by atoms with van der Waals surface area (Å²) in [4.78, 5) is 0. The molecule has 0 aliphatic heterocycles. The van der Waals surface area contributed by atoms with E-state index in [4.69, 9.17) is 15.2 Å². The molecule has 4 heteroatoms. The zero-order chi connectivity index (χ0) is 12.6. The molecule has 0 aromatic heterocycles. The van der Waals surface area contributed by atoms with Gasteiger partial charge < -0.3 is 20.5 Å². The molecule has 3 N–H and O–H groups in total. The highest BCUT2D eigenvalue weighted by atomic mass is 16.5. The Kier molecular flexibility index (Phi) is 7.04. The molecule has 0 saturated heterocycles. The smallest absolute Gasteiger partial charge is 0.0928 e. The predicted molar refractivity (Wildman–Crippen MR) is 70.1 cm³/mol. The van der Waals surface area contributed by atoms with Gasteiger partial charge in [-0.1, -0.05) is 19.3 Å². The highest BCUT2D eigenvalue weighted by Gasteiger charge is 2.30. The van der Waals surface area contributed by atoms with Crippen molar-refractivity contribution in [3.63, 3.8) is 0 Å². The van der Waals surface area contributed by atoms with Gasteiger partial charge in [0.15, 0.2) is 0 Å². The molecule has 0 amide bonds. The molecular weight excluding hydrogens is 216 g/mol. The highest BCUT2D eigenvalue weighted by molar-refractivity contribution is 4.86. The third-order valence-corrected chi connectivity index (χ3v) is 3.91. The third-order valence-electron chi connectivity index (χ3n) is 3.91. The summed E-state index contributed by atoms with van der Waals surface area (Å²) in [5.41, 5.74) is 6.27. The molecule has 0 aromatic carbocycles. The molecule has 1 unspecified atom stereocenters. The molecule has 102 valence electrons. The zero-order valence-corrected chi connectivity index (χ0v) is 11.3. The van der Waals surface area contributed by atoms with Gasteiger partial charge in [0.1, 0.15) is 0 Å². The maximum Gasteiger partial charge on any atom is 0.0928 e. The van der Waals surface area contributed by atoms with Crippen molar-refractivity contribution in [3.8, 4) is 0 Å². The minimum atomic E-state index is 0.137. The summed E-state index contributed by atoms with van der Waals surface area (Å²) in [7, 11) is 3.43. The lowest BCUT2D eigenvalue weighted by molar-refractivity contribution is 0.0265. The average Bonchev–Trinajstić information content (AvgIpc) is 2.39. The molecule has 0 aromatic rings. The molecule has 0 heterocycles. The molecule has 1 aliphatic rings. The van der Waals surface area contributed by atoms with Gasteiger partial charge in [0, 0.05) is 27.3 Å². The van der Waals surface area contributed by atoms with E-state index in [2.05, 4.69) is 5.32 Å². The van der Waals surface area contributed by atoms with Crippen molar-refractivity contribution in [2.75, 3.05) is 40.5 Å². The minimum Gasteiger partial charge on any atom is -0.382 e. The molecule has 0 radical (unpaired) electrons. The summed E-state index contributed by atoms with van der Waals surface area (Å²) >= 11 is 0. The number of hydrogen-bond donors (Lipinski definition) is 2. The minimum absolute atomic E-state index is 0.137. The highest BCUT2D eigenvalue weighted by Crippen LogP contribution is 2.34. The largest absolute Gasteiger partial charge is 0.382 e. The summed E-state index contributed by atoms with van der Waals surface area (Å²) in [6, 6.07) is 0. The van der Waals surface area contributed by atoms with Crippen LogP contribution in [0.4, 0.5) is 0 Å². The maximum atomic E-state index is 5.95. The number of nitrogens with two attached hydrogens (primary N) is 1. The van der Waals surface area contributed by atoms with Crippen LogP contribution in [0.3, 0.4) is 0 Å². The first-order valence-electron chi connectivity index (χ1n) is 6.69. The van der Waals surface area contributed by atoms with Crippen molar-refractivity contribution in [1.82, 2.24) is 5.32 Å². The Hall–Kier alpha value is -0.160. The van der Waals surface area contributed by atoms with Crippen LogP contribution >= 0.6 is 0 Å². The van der Waals surface area contributed by atoms with Crippen LogP contribution in [-0.4, -0.2) is 46.6 Å². The van der Waals surface area contributed by atoms with Crippen LogP contribution in [-0.2, 0) is 9.47 Å². The van der Waals surface area contributed by atoms with Gasteiger partial charge in [-0.3, -0.25) is 0 Å². The number of ether oxygens (including phenoxy) is 2. The van der Waals surface area contributed by atoms with Crippen LogP contribution in [0.25, 0.3) is 0 Å². The van der Waals surface area contributed by atoms with Crippen molar-refractivity contribution in [1.29, 1.82) is 0 Å². The standard InChI is InChI=1S/C13H28N2O2/c1-16-9-12(17-2)8-15-11-13(10-14)6-4-3-5-7-13/h12,15H,3-11,14H2,1-2H3. The quantitative estimate of drug-likeness (QED) is 0.672. The topological polar surface area (TPSA) is 56.5 Å². The Morgan fingerprint density at radius 3 is 2.47 bits per heavy atom. The lowest BCUT2D eigenvalue weighted by Crippen LogP contribution is -2.44. The van der Waals surface area contributed by atoms with Crippen LogP contribution < -0.4 is 11.1 Å². The third kappa shape index (κ3) is 4.92. The van der Waals surface area contributed by atoms with Crippen molar-refractivity contribution >= 4 is 0 Å². The van der Waals surface area contributed by atoms with Crippen LogP contribution in [0.5, 0.6) is 0 Å². The summed E-state index contributed by atoms with van der Waals surface area (Å²) < 4.78 is 10.4. The normalized spacial score (nSPS) is 21.4. The van der Waals surface area contributed by atoms with E-state index in [1.165, 1.54) is 32.1 Å². The molecule has 1 rings (SSSR count). The van der Waals surface area contributed by atoms with E-state index >= 15 is 0 Å². The van der Waals surface area contributed by atoms with Crippen LogP contribution in [0.15, 0.2) is 0 Å². The van der Waals surface area contributed by atoms with Crippen molar-refractivity contribution in [2.45, 2.75) is 38.2 Å². The molecular formula is C13H28N2O2. The molecule has 0 spiro atoms. The van der Waals surface area contributed by atoms with Gasteiger partial charge in [0.2, 0.25) is 0 Å². The van der Waals surface area contributed by atoms with Crippen molar-refractivity contribution < 1.29 is 9.47 Å². The monoisotopic (exact) mass is 244 g/mol. The van der Waals surface area contributed by atoms with Gasteiger partial charge >= 0.3 is 0 Å². The fraction of sp³-hybridized carbons (Fsp3) is 1.00. The fourth-order valence-corrected chi connectivity index (χ4v) is 2.65. The number of hydrogen-bond acceptors (Lipinski definition) is 4. The van der Waals surface area contributed by atoms with E-state index in [-0.39, 0.29) is 6.10 Å². The molecule has 1 aliphatic carbocycles. The second-order valence-electron chi connectivity index (χ2n) is 5.21. The Bertz CT molecular complexity index is 194. The summed E-state index contributed by atoms with van der Waals surface area (Å²) in [6.07, 6.45) is 6.68. The number of nitrogens with one attached hydrogen (secondary N) is 1. The zero-order valence-electron chi connectivity index (χ0n) is 11.3. The van der Waals surface area contributed by atoms with Gasteiger partial charge in [-0.2, -0.15) is 0 Å².